The molecule has 0 aromatic heterocycles. The number of rotatable bonds is 3. The minimum absolute atomic E-state index is 0.287. The Morgan fingerprint density at radius 2 is 2.22 bits per heavy atom. The van der Waals surface area contributed by atoms with Gasteiger partial charge in [-0.05, 0) is 19.1 Å². The Bertz CT molecular complexity index is 462. The van der Waals surface area contributed by atoms with Crippen molar-refractivity contribution in [1.29, 1.82) is 0 Å². The molecule has 1 aromatic rings. The molecule has 1 aliphatic heterocycles. The van der Waals surface area contributed by atoms with Crippen molar-refractivity contribution >= 4 is 6.09 Å². The normalized spacial score (nSPS) is 20.6. The zero-order valence-electron chi connectivity index (χ0n) is 10.5. The molecule has 1 unspecified atom stereocenters. The summed E-state index contributed by atoms with van der Waals surface area (Å²) in [6, 6.07) is 5.05. The van der Waals surface area contributed by atoms with Gasteiger partial charge in [-0.25, -0.2) is 4.79 Å². The molecule has 2 rings (SSSR count). The number of amides is 1. The van der Waals surface area contributed by atoms with E-state index in [4.69, 9.17) is 18.9 Å². The van der Waals surface area contributed by atoms with E-state index in [9.17, 15) is 4.79 Å². The van der Waals surface area contributed by atoms with Crippen LogP contribution in [0, 0.1) is 0 Å². The van der Waals surface area contributed by atoms with Gasteiger partial charge < -0.3 is 24.3 Å². The maximum atomic E-state index is 11.2. The first kappa shape index (κ1) is 12.5. The lowest BCUT2D eigenvalue weighted by Crippen LogP contribution is -2.38. The average Bonchev–Trinajstić information content (AvgIpc) is 2.67. The number of hydrogen-bond donors (Lipinski definition) is 1. The third kappa shape index (κ3) is 2.33. The topological polar surface area (TPSA) is 66.0 Å². The summed E-state index contributed by atoms with van der Waals surface area (Å²) in [5.74, 6) is -0.0566. The van der Waals surface area contributed by atoms with Crippen LogP contribution in [-0.4, -0.2) is 25.7 Å². The Kier molecular flexibility index (Phi) is 3.29. The van der Waals surface area contributed by atoms with E-state index in [2.05, 4.69) is 5.32 Å². The summed E-state index contributed by atoms with van der Waals surface area (Å²) in [7, 11) is 1.48. The molecule has 1 heterocycles. The van der Waals surface area contributed by atoms with Crippen molar-refractivity contribution in [3.63, 3.8) is 0 Å². The van der Waals surface area contributed by atoms with E-state index in [-0.39, 0.29) is 5.75 Å². The van der Waals surface area contributed by atoms with Gasteiger partial charge in [0.15, 0.2) is 11.5 Å². The highest BCUT2D eigenvalue weighted by molar-refractivity contribution is 5.72. The van der Waals surface area contributed by atoms with Crippen LogP contribution in [0.4, 0.5) is 4.79 Å². The van der Waals surface area contributed by atoms with Crippen LogP contribution >= 0.6 is 0 Å². The first-order valence-electron chi connectivity index (χ1n) is 5.62. The Hall–Kier alpha value is -1.95. The lowest BCUT2D eigenvalue weighted by atomic mass is 10.3. The van der Waals surface area contributed by atoms with Gasteiger partial charge in [-0.3, -0.25) is 0 Å². The maximum absolute atomic E-state index is 11.2. The fourth-order valence-corrected chi connectivity index (χ4v) is 1.64. The number of para-hydroxylation sites is 1. The average molecular weight is 253 g/mol. The molecule has 0 saturated carbocycles. The molecule has 0 radical (unpaired) electrons. The third-order valence-electron chi connectivity index (χ3n) is 2.34. The number of ether oxygens (including phenoxy) is 4. The Labute approximate surface area is 105 Å². The predicted octanol–water partition coefficient (Wildman–Crippen LogP) is 1.89. The lowest BCUT2D eigenvalue weighted by Gasteiger charge is -2.21. The van der Waals surface area contributed by atoms with Crippen molar-refractivity contribution < 1.29 is 23.7 Å². The predicted molar refractivity (Wildman–Crippen MR) is 62.8 cm³/mol. The van der Waals surface area contributed by atoms with Crippen molar-refractivity contribution in [2.75, 3.05) is 13.7 Å². The first-order valence-corrected chi connectivity index (χ1v) is 5.62. The second-order valence-corrected chi connectivity index (χ2v) is 3.72. The van der Waals surface area contributed by atoms with Crippen LogP contribution in [-0.2, 0) is 4.74 Å². The molecule has 6 heteroatoms. The molecule has 0 bridgehead atoms. The summed E-state index contributed by atoms with van der Waals surface area (Å²) < 4.78 is 21.5. The number of fused-ring (bicyclic) bond motifs is 1. The molecule has 0 fully saturated rings. The summed E-state index contributed by atoms with van der Waals surface area (Å²) >= 11 is 0. The van der Waals surface area contributed by atoms with E-state index in [1.165, 1.54) is 7.05 Å². The van der Waals surface area contributed by atoms with Gasteiger partial charge in [0.05, 0.1) is 6.61 Å². The molecule has 1 amide bonds. The smallest absolute Gasteiger partial charge is 0.412 e. The fourth-order valence-electron chi connectivity index (χ4n) is 1.64. The third-order valence-corrected chi connectivity index (χ3v) is 2.34. The second kappa shape index (κ2) is 4.73. The van der Waals surface area contributed by atoms with Gasteiger partial charge in [0.25, 0.3) is 0 Å². The molecule has 0 aliphatic carbocycles. The van der Waals surface area contributed by atoms with Gasteiger partial charge in [-0.15, -0.1) is 0 Å². The van der Waals surface area contributed by atoms with E-state index in [0.29, 0.717) is 18.1 Å². The molecule has 0 saturated heterocycles. The van der Waals surface area contributed by atoms with Crippen LogP contribution in [0.3, 0.4) is 0 Å². The summed E-state index contributed by atoms with van der Waals surface area (Å²) in [4.78, 5) is 11.2. The highest BCUT2D eigenvalue weighted by Gasteiger charge is 2.40. The fraction of sp³-hybridized carbons (Fsp3) is 0.417. The zero-order valence-corrected chi connectivity index (χ0v) is 10.5. The van der Waals surface area contributed by atoms with Crippen molar-refractivity contribution in [3.05, 3.63) is 18.2 Å². The number of carbonyl (C=O) groups excluding carboxylic acids is 1. The zero-order chi connectivity index (χ0) is 13.2. The van der Waals surface area contributed by atoms with Crippen LogP contribution in [0.5, 0.6) is 17.2 Å². The van der Waals surface area contributed by atoms with Crippen LogP contribution in [0.2, 0.25) is 0 Å². The Morgan fingerprint density at radius 1 is 1.44 bits per heavy atom. The van der Waals surface area contributed by atoms with Gasteiger partial charge in [-0.2, -0.15) is 0 Å². The molecular weight excluding hydrogens is 238 g/mol. The molecule has 98 valence electrons. The minimum Gasteiger partial charge on any atom is -0.426 e. The van der Waals surface area contributed by atoms with Crippen LogP contribution < -0.4 is 19.5 Å². The van der Waals surface area contributed by atoms with E-state index in [0.717, 1.165) is 0 Å². The van der Waals surface area contributed by atoms with E-state index in [1.54, 1.807) is 25.1 Å². The number of nitrogens with one attached hydrogen (secondary N) is 1. The SMILES string of the molecule is CCOC1(C)Oc2cccc(OC(=O)NC)c2O1. The van der Waals surface area contributed by atoms with Gasteiger partial charge >= 0.3 is 12.1 Å². The standard InChI is InChI=1S/C12H15NO5/c1-4-15-12(2)17-9-7-5-6-8(10(9)18-12)16-11(14)13-3/h5-7H,4H2,1-3H3,(H,13,14). The molecule has 1 aliphatic rings. The molecule has 1 N–H and O–H groups in total. The maximum Gasteiger partial charge on any atom is 0.412 e. The first-order chi connectivity index (χ1) is 8.58. The van der Waals surface area contributed by atoms with E-state index >= 15 is 0 Å². The second-order valence-electron chi connectivity index (χ2n) is 3.72. The largest absolute Gasteiger partial charge is 0.426 e. The number of carbonyl (C=O) groups is 1. The van der Waals surface area contributed by atoms with Gasteiger partial charge in [0.1, 0.15) is 0 Å². The molecule has 1 aromatic carbocycles. The lowest BCUT2D eigenvalue weighted by molar-refractivity contribution is -0.266. The van der Waals surface area contributed by atoms with Crippen molar-refractivity contribution in [2.24, 2.45) is 0 Å². The quantitative estimate of drug-likeness (QED) is 0.891. The highest BCUT2D eigenvalue weighted by atomic mass is 16.9. The summed E-state index contributed by atoms with van der Waals surface area (Å²) in [6.07, 6.45) is -0.572. The van der Waals surface area contributed by atoms with E-state index in [1.807, 2.05) is 6.92 Å². The van der Waals surface area contributed by atoms with E-state index < -0.39 is 12.1 Å². The summed E-state index contributed by atoms with van der Waals surface area (Å²) in [5.41, 5.74) is 0. The van der Waals surface area contributed by atoms with Gasteiger partial charge in [0.2, 0.25) is 5.75 Å². The highest BCUT2D eigenvalue weighted by Crippen LogP contribution is 2.46. The molecule has 18 heavy (non-hydrogen) atoms. The molecular formula is C12H15NO5. The van der Waals surface area contributed by atoms with Gasteiger partial charge in [0, 0.05) is 14.0 Å². The summed E-state index contributed by atoms with van der Waals surface area (Å²) in [6.45, 7) is 3.93. The van der Waals surface area contributed by atoms with Crippen molar-refractivity contribution in [2.45, 2.75) is 19.8 Å². The number of hydrogen-bond acceptors (Lipinski definition) is 5. The van der Waals surface area contributed by atoms with Gasteiger partial charge in [-0.1, -0.05) is 6.07 Å². The van der Waals surface area contributed by atoms with Crippen LogP contribution in [0.15, 0.2) is 18.2 Å². The molecule has 6 nitrogen and oxygen atoms in total. The Morgan fingerprint density at radius 3 is 2.89 bits per heavy atom. The summed E-state index contributed by atoms with van der Waals surface area (Å²) in [5, 5.41) is 2.36. The minimum atomic E-state index is -1.18. The number of benzene rings is 1. The molecule has 0 spiro atoms. The monoisotopic (exact) mass is 253 g/mol. The van der Waals surface area contributed by atoms with Crippen LogP contribution in [0.25, 0.3) is 0 Å². The van der Waals surface area contributed by atoms with Crippen LogP contribution in [0.1, 0.15) is 13.8 Å². The molecule has 1 atom stereocenters. The van der Waals surface area contributed by atoms with Crippen molar-refractivity contribution in [3.8, 4) is 17.2 Å². The van der Waals surface area contributed by atoms with Crippen molar-refractivity contribution in [1.82, 2.24) is 5.32 Å². The Balaban J connectivity index is 2.24.